The largest absolute Gasteiger partial charge is 0.477 e. The van der Waals surface area contributed by atoms with Gasteiger partial charge in [0.25, 0.3) is 5.91 Å². The van der Waals surface area contributed by atoms with Crippen LogP contribution in [0.4, 0.5) is 0 Å². The number of amides is 1. The van der Waals surface area contributed by atoms with E-state index in [1.165, 1.54) is 0 Å². The first-order valence-corrected chi connectivity index (χ1v) is 8.17. The molecule has 1 fully saturated rings. The van der Waals surface area contributed by atoms with E-state index < -0.39 is 5.97 Å². The number of aromatic amines is 1. The van der Waals surface area contributed by atoms with E-state index in [0.29, 0.717) is 23.4 Å². The second-order valence-electron chi connectivity index (χ2n) is 5.14. The van der Waals surface area contributed by atoms with Crippen LogP contribution in [0, 0.1) is 13.8 Å². The molecule has 0 bridgehead atoms. The van der Waals surface area contributed by atoms with Gasteiger partial charge in [0, 0.05) is 43.4 Å². The lowest BCUT2D eigenvalue weighted by molar-refractivity contribution is 0.0690. The third kappa shape index (κ3) is 3.79. The minimum Gasteiger partial charge on any atom is -0.477 e. The standard InChI is InChI=1S/C14H21N3O3S/c1-9-11(10(2)16-12(9)14(19)20)13(18)15-3-4-17-5-7-21-8-6-17/h16H,3-8H2,1-2H3,(H,15,18)(H,19,20). The van der Waals surface area contributed by atoms with E-state index in [1.807, 2.05) is 11.8 Å². The van der Waals surface area contributed by atoms with Crippen LogP contribution in [0.25, 0.3) is 0 Å². The van der Waals surface area contributed by atoms with Crippen molar-refractivity contribution in [2.45, 2.75) is 13.8 Å². The van der Waals surface area contributed by atoms with E-state index in [0.717, 1.165) is 31.1 Å². The Hall–Kier alpha value is -1.47. The lowest BCUT2D eigenvalue weighted by atomic mass is 10.1. The number of carboxylic acids is 1. The summed E-state index contributed by atoms with van der Waals surface area (Å²) in [6.45, 7) is 6.91. The van der Waals surface area contributed by atoms with Gasteiger partial charge in [0.2, 0.25) is 0 Å². The molecule has 0 atom stereocenters. The van der Waals surface area contributed by atoms with Gasteiger partial charge in [-0.3, -0.25) is 9.69 Å². The van der Waals surface area contributed by atoms with E-state index in [2.05, 4.69) is 15.2 Å². The number of carbonyl (C=O) groups excluding carboxylic acids is 1. The minimum atomic E-state index is -1.04. The summed E-state index contributed by atoms with van der Waals surface area (Å²) >= 11 is 1.96. The summed E-state index contributed by atoms with van der Waals surface area (Å²) in [5, 5.41) is 11.9. The molecule has 1 amide bonds. The van der Waals surface area contributed by atoms with Crippen LogP contribution in [-0.2, 0) is 0 Å². The van der Waals surface area contributed by atoms with Gasteiger partial charge in [-0.05, 0) is 19.4 Å². The first-order valence-electron chi connectivity index (χ1n) is 7.01. The SMILES string of the molecule is Cc1[nH]c(C(=O)O)c(C)c1C(=O)NCCN1CCSCC1. The van der Waals surface area contributed by atoms with Gasteiger partial charge in [-0.15, -0.1) is 0 Å². The van der Waals surface area contributed by atoms with Crippen molar-refractivity contribution < 1.29 is 14.7 Å². The van der Waals surface area contributed by atoms with E-state index in [1.54, 1.807) is 13.8 Å². The molecule has 0 spiro atoms. The third-order valence-corrected chi connectivity index (χ3v) is 4.64. The fraction of sp³-hybridized carbons (Fsp3) is 0.571. The zero-order valence-corrected chi connectivity index (χ0v) is 13.2. The molecule has 1 aromatic heterocycles. The second-order valence-corrected chi connectivity index (χ2v) is 6.36. The number of nitrogens with zero attached hydrogens (tertiary/aromatic N) is 1. The molecule has 2 heterocycles. The Morgan fingerprint density at radius 3 is 2.57 bits per heavy atom. The highest BCUT2D eigenvalue weighted by Gasteiger charge is 2.21. The molecule has 6 nitrogen and oxygen atoms in total. The van der Waals surface area contributed by atoms with Crippen molar-refractivity contribution in [3.05, 3.63) is 22.5 Å². The summed E-state index contributed by atoms with van der Waals surface area (Å²) in [4.78, 5) is 28.4. The fourth-order valence-electron chi connectivity index (χ4n) is 2.55. The van der Waals surface area contributed by atoms with Crippen molar-refractivity contribution in [1.82, 2.24) is 15.2 Å². The predicted octanol–water partition coefficient (Wildman–Crippen LogP) is 1.11. The molecule has 0 aromatic carbocycles. The maximum atomic E-state index is 12.2. The molecule has 3 N–H and O–H groups in total. The number of rotatable bonds is 5. The van der Waals surface area contributed by atoms with Gasteiger partial charge in [0.15, 0.2) is 0 Å². The molecule has 116 valence electrons. The Balaban J connectivity index is 1.92. The fourth-order valence-corrected chi connectivity index (χ4v) is 3.52. The van der Waals surface area contributed by atoms with Gasteiger partial charge >= 0.3 is 5.97 Å². The Morgan fingerprint density at radius 2 is 2.00 bits per heavy atom. The number of carboxylic acid groups (broad SMARTS) is 1. The monoisotopic (exact) mass is 311 g/mol. The summed E-state index contributed by atoms with van der Waals surface area (Å²) in [5.41, 5.74) is 1.62. The van der Waals surface area contributed by atoms with Gasteiger partial charge < -0.3 is 15.4 Å². The molecule has 1 aliphatic rings. The van der Waals surface area contributed by atoms with Crippen molar-refractivity contribution in [2.75, 3.05) is 37.7 Å². The van der Waals surface area contributed by atoms with Gasteiger partial charge in [-0.25, -0.2) is 4.79 Å². The molecular formula is C14H21N3O3S. The first kappa shape index (κ1) is 15.9. The molecule has 1 saturated heterocycles. The van der Waals surface area contributed by atoms with Gasteiger partial charge in [0.05, 0.1) is 5.56 Å². The van der Waals surface area contributed by atoms with Gasteiger partial charge in [0.1, 0.15) is 5.69 Å². The number of aryl methyl sites for hydroxylation is 1. The molecule has 2 rings (SSSR count). The predicted molar refractivity (Wildman–Crippen MR) is 83.3 cm³/mol. The van der Waals surface area contributed by atoms with E-state index in [9.17, 15) is 9.59 Å². The van der Waals surface area contributed by atoms with Crippen LogP contribution in [0.5, 0.6) is 0 Å². The molecule has 0 unspecified atom stereocenters. The Labute approximate surface area is 128 Å². The lowest BCUT2D eigenvalue weighted by Gasteiger charge is -2.26. The van der Waals surface area contributed by atoms with Gasteiger partial charge in [-0.2, -0.15) is 11.8 Å². The maximum Gasteiger partial charge on any atom is 0.352 e. The van der Waals surface area contributed by atoms with Crippen molar-refractivity contribution in [3.8, 4) is 0 Å². The topological polar surface area (TPSA) is 85.4 Å². The number of carbonyl (C=O) groups is 2. The van der Waals surface area contributed by atoms with Crippen LogP contribution in [0.15, 0.2) is 0 Å². The molecule has 7 heteroatoms. The summed E-state index contributed by atoms with van der Waals surface area (Å²) in [6.07, 6.45) is 0. The Morgan fingerprint density at radius 1 is 1.33 bits per heavy atom. The number of aromatic nitrogens is 1. The van der Waals surface area contributed by atoms with Crippen LogP contribution >= 0.6 is 11.8 Å². The first-order chi connectivity index (χ1) is 10.0. The minimum absolute atomic E-state index is 0.0886. The summed E-state index contributed by atoms with van der Waals surface area (Å²) < 4.78 is 0. The van der Waals surface area contributed by atoms with Crippen molar-refractivity contribution in [1.29, 1.82) is 0 Å². The van der Waals surface area contributed by atoms with Crippen LogP contribution in [0.3, 0.4) is 0 Å². The van der Waals surface area contributed by atoms with Crippen LogP contribution in [0.1, 0.15) is 32.1 Å². The van der Waals surface area contributed by atoms with E-state index >= 15 is 0 Å². The average molecular weight is 311 g/mol. The van der Waals surface area contributed by atoms with E-state index in [-0.39, 0.29) is 11.6 Å². The highest BCUT2D eigenvalue weighted by atomic mass is 32.2. The number of hydrogen-bond acceptors (Lipinski definition) is 4. The molecule has 1 aliphatic heterocycles. The molecule has 0 radical (unpaired) electrons. The second kappa shape index (κ2) is 7.00. The third-order valence-electron chi connectivity index (χ3n) is 3.70. The number of aromatic carboxylic acids is 1. The van der Waals surface area contributed by atoms with Crippen molar-refractivity contribution >= 4 is 23.6 Å². The molecule has 0 saturated carbocycles. The highest BCUT2D eigenvalue weighted by molar-refractivity contribution is 7.99. The molecular weight excluding hydrogens is 290 g/mol. The zero-order chi connectivity index (χ0) is 15.4. The van der Waals surface area contributed by atoms with Crippen LogP contribution < -0.4 is 5.32 Å². The van der Waals surface area contributed by atoms with Crippen molar-refractivity contribution in [3.63, 3.8) is 0 Å². The number of hydrogen-bond donors (Lipinski definition) is 3. The normalized spacial score (nSPS) is 15.9. The number of nitrogens with one attached hydrogen (secondary N) is 2. The van der Waals surface area contributed by atoms with Crippen LogP contribution in [0.2, 0.25) is 0 Å². The average Bonchev–Trinajstić information content (AvgIpc) is 2.75. The lowest BCUT2D eigenvalue weighted by Crippen LogP contribution is -2.39. The molecule has 0 aliphatic carbocycles. The van der Waals surface area contributed by atoms with Crippen molar-refractivity contribution in [2.24, 2.45) is 0 Å². The quantitative estimate of drug-likeness (QED) is 0.758. The summed E-state index contributed by atoms with van der Waals surface area (Å²) in [6, 6.07) is 0. The highest BCUT2D eigenvalue weighted by Crippen LogP contribution is 2.17. The Bertz CT molecular complexity index is 536. The van der Waals surface area contributed by atoms with Gasteiger partial charge in [-0.1, -0.05) is 0 Å². The maximum absolute atomic E-state index is 12.2. The molecule has 1 aromatic rings. The van der Waals surface area contributed by atoms with Crippen LogP contribution in [-0.4, -0.2) is 64.6 Å². The number of H-pyrrole nitrogens is 1. The smallest absolute Gasteiger partial charge is 0.352 e. The summed E-state index contributed by atoms with van der Waals surface area (Å²) in [7, 11) is 0. The summed E-state index contributed by atoms with van der Waals surface area (Å²) in [5.74, 6) is 1.04. The van der Waals surface area contributed by atoms with E-state index in [4.69, 9.17) is 5.11 Å². The number of thioether (sulfide) groups is 1. The zero-order valence-electron chi connectivity index (χ0n) is 12.4. The molecule has 21 heavy (non-hydrogen) atoms. The Kier molecular flexibility index (Phi) is 5.30.